The largest absolute Gasteiger partial charge is 0.393 e. The van der Waals surface area contributed by atoms with Gasteiger partial charge >= 0.3 is 0 Å². The van der Waals surface area contributed by atoms with E-state index in [1.165, 1.54) is 38.5 Å². The van der Waals surface area contributed by atoms with Gasteiger partial charge < -0.3 is 10.4 Å². The van der Waals surface area contributed by atoms with E-state index in [9.17, 15) is 5.11 Å². The monoisotopic (exact) mass is 225 g/mol. The number of aliphatic hydroxyl groups excluding tert-OH is 1. The second-order valence-electron chi connectivity index (χ2n) is 6.31. The third kappa shape index (κ3) is 2.60. The van der Waals surface area contributed by atoms with Crippen LogP contribution in [0.25, 0.3) is 0 Å². The average Bonchev–Trinajstić information content (AvgIpc) is 2.66. The smallest absolute Gasteiger partial charge is 0.0605 e. The lowest BCUT2D eigenvalue weighted by atomic mass is 9.73. The Bertz CT molecular complexity index is 231. The van der Waals surface area contributed by atoms with Gasteiger partial charge in [-0.1, -0.05) is 33.1 Å². The number of hydrogen-bond donors (Lipinski definition) is 2. The van der Waals surface area contributed by atoms with Gasteiger partial charge in [0.25, 0.3) is 0 Å². The van der Waals surface area contributed by atoms with Crippen molar-refractivity contribution in [1.82, 2.24) is 5.32 Å². The topological polar surface area (TPSA) is 32.3 Å². The Morgan fingerprint density at radius 3 is 2.62 bits per heavy atom. The number of rotatable bonds is 3. The van der Waals surface area contributed by atoms with E-state index in [0.29, 0.717) is 6.04 Å². The molecule has 94 valence electrons. The highest BCUT2D eigenvalue weighted by molar-refractivity contribution is 4.90. The minimum absolute atomic E-state index is 0.0922. The molecule has 0 aromatic heterocycles. The molecule has 0 aromatic carbocycles. The molecule has 2 saturated carbocycles. The fourth-order valence-electron chi connectivity index (χ4n) is 3.40. The Morgan fingerprint density at radius 1 is 1.19 bits per heavy atom. The molecule has 4 unspecified atom stereocenters. The van der Waals surface area contributed by atoms with E-state index in [2.05, 4.69) is 19.2 Å². The molecule has 0 radical (unpaired) electrons. The van der Waals surface area contributed by atoms with Gasteiger partial charge in [-0.2, -0.15) is 0 Å². The Hall–Kier alpha value is -0.0800. The van der Waals surface area contributed by atoms with Crippen LogP contribution in [0.3, 0.4) is 0 Å². The van der Waals surface area contributed by atoms with Crippen LogP contribution < -0.4 is 5.32 Å². The second kappa shape index (κ2) is 5.05. The minimum Gasteiger partial charge on any atom is -0.393 e. The molecule has 2 N–H and O–H groups in total. The molecule has 2 aliphatic carbocycles. The first kappa shape index (κ1) is 12.4. The van der Waals surface area contributed by atoms with Gasteiger partial charge in [0.1, 0.15) is 0 Å². The van der Waals surface area contributed by atoms with Gasteiger partial charge in [-0.05, 0) is 31.6 Å². The van der Waals surface area contributed by atoms with Crippen LogP contribution in [0, 0.1) is 11.3 Å². The molecule has 2 aliphatic rings. The van der Waals surface area contributed by atoms with Crippen LogP contribution >= 0.6 is 0 Å². The molecule has 0 aromatic rings. The van der Waals surface area contributed by atoms with E-state index < -0.39 is 0 Å². The summed E-state index contributed by atoms with van der Waals surface area (Å²) in [5, 5.41) is 13.8. The highest BCUT2D eigenvalue weighted by Crippen LogP contribution is 2.36. The number of aliphatic hydroxyl groups is 1. The van der Waals surface area contributed by atoms with Gasteiger partial charge in [-0.3, -0.25) is 0 Å². The van der Waals surface area contributed by atoms with Crippen molar-refractivity contribution >= 4 is 0 Å². The molecule has 0 bridgehead atoms. The normalized spacial score (nSPS) is 44.8. The molecule has 16 heavy (non-hydrogen) atoms. The van der Waals surface area contributed by atoms with Crippen molar-refractivity contribution in [3.8, 4) is 0 Å². The Kier molecular flexibility index (Phi) is 3.91. The van der Waals surface area contributed by atoms with Crippen molar-refractivity contribution in [3.05, 3.63) is 0 Å². The molecule has 0 spiro atoms. The van der Waals surface area contributed by atoms with Crippen LogP contribution in [0.2, 0.25) is 0 Å². The van der Waals surface area contributed by atoms with E-state index in [1.54, 1.807) is 0 Å². The van der Waals surface area contributed by atoms with E-state index >= 15 is 0 Å². The summed E-state index contributed by atoms with van der Waals surface area (Å²) in [6.45, 7) is 5.61. The molecule has 2 heteroatoms. The van der Waals surface area contributed by atoms with Crippen molar-refractivity contribution in [3.63, 3.8) is 0 Å². The second-order valence-corrected chi connectivity index (χ2v) is 6.31. The highest BCUT2D eigenvalue weighted by Gasteiger charge is 2.36. The van der Waals surface area contributed by atoms with Gasteiger partial charge in [-0.25, -0.2) is 0 Å². The molecule has 2 fully saturated rings. The summed E-state index contributed by atoms with van der Waals surface area (Å²) in [7, 11) is 0. The maximum Gasteiger partial charge on any atom is 0.0605 e. The van der Waals surface area contributed by atoms with Crippen LogP contribution in [-0.4, -0.2) is 23.8 Å². The van der Waals surface area contributed by atoms with Gasteiger partial charge in [0.05, 0.1) is 6.10 Å². The summed E-state index contributed by atoms with van der Waals surface area (Å²) < 4.78 is 0. The maximum absolute atomic E-state index is 10.1. The van der Waals surface area contributed by atoms with Gasteiger partial charge in [0, 0.05) is 18.0 Å². The van der Waals surface area contributed by atoms with E-state index in [1.807, 2.05) is 0 Å². The standard InChI is InChI=1S/C14H27NO/c1-11-6-5-7-12(11)15-10-14(2)9-4-3-8-13(14)16/h11-13,15-16H,3-10H2,1-2H3. The molecular weight excluding hydrogens is 198 g/mol. The van der Waals surface area contributed by atoms with Gasteiger partial charge in [0.15, 0.2) is 0 Å². The van der Waals surface area contributed by atoms with Gasteiger partial charge in [0.2, 0.25) is 0 Å². The molecular formula is C14H27NO. The molecule has 0 amide bonds. The lowest BCUT2D eigenvalue weighted by molar-refractivity contribution is -0.000833. The molecule has 2 nitrogen and oxygen atoms in total. The lowest BCUT2D eigenvalue weighted by Gasteiger charge is -2.39. The minimum atomic E-state index is -0.0922. The van der Waals surface area contributed by atoms with E-state index in [0.717, 1.165) is 18.9 Å². The maximum atomic E-state index is 10.1. The quantitative estimate of drug-likeness (QED) is 0.774. The predicted molar refractivity (Wildman–Crippen MR) is 67.4 cm³/mol. The summed E-state index contributed by atoms with van der Waals surface area (Å²) in [5.41, 5.74) is 0.126. The van der Waals surface area contributed by atoms with E-state index in [-0.39, 0.29) is 11.5 Å². The summed E-state index contributed by atoms with van der Waals surface area (Å²) in [4.78, 5) is 0. The number of hydrogen-bond acceptors (Lipinski definition) is 2. The van der Waals surface area contributed by atoms with Crippen LogP contribution in [0.5, 0.6) is 0 Å². The SMILES string of the molecule is CC1CCCC1NCC1(C)CCCCC1O. The third-order valence-electron chi connectivity index (χ3n) is 4.91. The van der Waals surface area contributed by atoms with Crippen LogP contribution in [-0.2, 0) is 0 Å². The van der Waals surface area contributed by atoms with Crippen molar-refractivity contribution in [2.45, 2.75) is 70.9 Å². The molecule has 2 rings (SSSR count). The van der Waals surface area contributed by atoms with Crippen molar-refractivity contribution in [2.75, 3.05) is 6.54 Å². The molecule has 0 saturated heterocycles. The first-order valence-electron chi connectivity index (χ1n) is 7.03. The first-order chi connectivity index (χ1) is 7.62. The van der Waals surface area contributed by atoms with Crippen LogP contribution in [0.15, 0.2) is 0 Å². The summed E-state index contributed by atoms with van der Waals surface area (Å²) in [6.07, 6.45) is 8.65. The predicted octanol–water partition coefficient (Wildman–Crippen LogP) is 2.71. The molecule has 0 heterocycles. The summed E-state index contributed by atoms with van der Waals surface area (Å²) in [5.74, 6) is 0.823. The Morgan fingerprint density at radius 2 is 2.00 bits per heavy atom. The van der Waals surface area contributed by atoms with Crippen molar-refractivity contribution < 1.29 is 5.11 Å². The lowest BCUT2D eigenvalue weighted by Crippen LogP contribution is -2.46. The summed E-state index contributed by atoms with van der Waals surface area (Å²) >= 11 is 0. The summed E-state index contributed by atoms with van der Waals surface area (Å²) in [6, 6.07) is 0.700. The zero-order valence-corrected chi connectivity index (χ0v) is 10.8. The van der Waals surface area contributed by atoms with Crippen molar-refractivity contribution in [2.24, 2.45) is 11.3 Å². The van der Waals surface area contributed by atoms with Gasteiger partial charge in [-0.15, -0.1) is 0 Å². The third-order valence-corrected chi connectivity index (χ3v) is 4.91. The zero-order chi connectivity index (χ0) is 11.6. The fraction of sp³-hybridized carbons (Fsp3) is 1.00. The Balaban J connectivity index is 1.83. The molecule has 0 aliphatic heterocycles. The highest BCUT2D eigenvalue weighted by atomic mass is 16.3. The average molecular weight is 225 g/mol. The molecule has 4 atom stereocenters. The Labute approximate surface area is 99.8 Å². The fourth-order valence-corrected chi connectivity index (χ4v) is 3.40. The van der Waals surface area contributed by atoms with Crippen molar-refractivity contribution in [1.29, 1.82) is 0 Å². The van der Waals surface area contributed by atoms with E-state index in [4.69, 9.17) is 0 Å². The van der Waals surface area contributed by atoms with Crippen LogP contribution in [0.1, 0.15) is 58.8 Å². The first-order valence-corrected chi connectivity index (χ1v) is 7.03. The number of nitrogens with one attached hydrogen (secondary N) is 1. The van der Waals surface area contributed by atoms with Crippen LogP contribution in [0.4, 0.5) is 0 Å². The zero-order valence-electron chi connectivity index (χ0n) is 10.8.